The van der Waals surface area contributed by atoms with Crippen molar-refractivity contribution in [2.24, 2.45) is 11.8 Å². The molecule has 2 heterocycles. The molecule has 3 aromatic rings. The molecule has 1 aromatic carbocycles. The normalized spacial score (nSPS) is 17.4. The molecule has 1 aliphatic carbocycles. The second-order valence-corrected chi connectivity index (χ2v) is 9.88. The Bertz CT molecular complexity index is 1270. The number of anilines is 1. The number of hydrogen-bond acceptors (Lipinski definition) is 7. The summed E-state index contributed by atoms with van der Waals surface area (Å²) in [6.45, 7) is 2.35. The predicted octanol–water partition coefficient (Wildman–Crippen LogP) is 3.45. The van der Waals surface area contributed by atoms with E-state index in [1.807, 2.05) is 6.92 Å². The van der Waals surface area contributed by atoms with Crippen molar-refractivity contribution in [3.05, 3.63) is 53.3 Å². The van der Waals surface area contributed by atoms with Crippen molar-refractivity contribution in [3.63, 3.8) is 0 Å². The van der Waals surface area contributed by atoms with Crippen molar-refractivity contribution in [2.75, 3.05) is 24.5 Å². The Balaban J connectivity index is 1.25. The molecule has 1 fully saturated rings. The number of benzene rings is 1. The number of rotatable bonds is 9. The maximum atomic E-state index is 13.5. The molecule has 39 heavy (non-hydrogen) atoms. The van der Waals surface area contributed by atoms with Crippen molar-refractivity contribution in [3.8, 4) is 5.69 Å². The first-order chi connectivity index (χ1) is 18.7. The van der Waals surface area contributed by atoms with Gasteiger partial charge in [-0.25, -0.2) is 4.68 Å². The molecule has 2 N–H and O–H groups in total. The van der Waals surface area contributed by atoms with E-state index < -0.39 is 23.3 Å². The molecule has 4 rings (SSSR count). The number of amides is 3. The van der Waals surface area contributed by atoms with E-state index >= 15 is 0 Å². The monoisotopic (exact) mass is 563 g/mol. The van der Waals surface area contributed by atoms with Crippen LogP contribution in [0.3, 0.4) is 0 Å². The van der Waals surface area contributed by atoms with Crippen molar-refractivity contribution in [1.82, 2.24) is 30.6 Å². The van der Waals surface area contributed by atoms with Gasteiger partial charge in [-0.1, -0.05) is 29.5 Å². The van der Waals surface area contributed by atoms with Gasteiger partial charge >= 0.3 is 6.18 Å². The molecule has 0 spiro atoms. The number of alkyl halides is 3. The third kappa shape index (κ3) is 6.80. The fourth-order valence-electron chi connectivity index (χ4n) is 4.56. The van der Waals surface area contributed by atoms with Crippen molar-refractivity contribution < 1.29 is 27.6 Å². The molecule has 0 radical (unpaired) electrons. The van der Waals surface area contributed by atoms with Gasteiger partial charge in [-0.15, -0.1) is 10.2 Å². The van der Waals surface area contributed by atoms with Crippen molar-refractivity contribution in [2.45, 2.75) is 38.8 Å². The second kappa shape index (κ2) is 12.4. The molecular weight excluding hydrogens is 535 g/mol. The summed E-state index contributed by atoms with van der Waals surface area (Å²) in [6, 6.07) is 8.17. The molecule has 0 unspecified atom stereocenters. The smallest absolute Gasteiger partial charge is 0.354 e. The number of carbonyl (C=O) groups is 3. The molecule has 0 bridgehead atoms. The standard InChI is InChI=1S/C25H28F3N7O3S/c1-2-34(24-32-31-15-39-24)23(38)17-10-8-16(9-11-17)21(36)29-12-13-30-22(37)19-14-35(18-6-4-3-5-7-18)33-20(19)25(26,27)28/h3-7,14-17H,2,8-13H2,1H3,(H,29,36)(H,30,37). The highest BCUT2D eigenvalue weighted by atomic mass is 32.1. The van der Waals surface area contributed by atoms with Crippen LogP contribution in [0.25, 0.3) is 5.69 Å². The summed E-state index contributed by atoms with van der Waals surface area (Å²) in [4.78, 5) is 39.7. The first-order valence-corrected chi connectivity index (χ1v) is 13.4. The summed E-state index contributed by atoms with van der Waals surface area (Å²) in [5, 5.41) is 17.0. The average Bonchev–Trinajstić information content (AvgIpc) is 3.63. The Morgan fingerprint density at radius 3 is 2.33 bits per heavy atom. The molecular formula is C25H28F3N7O3S. The van der Waals surface area contributed by atoms with E-state index in [9.17, 15) is 27.6 Å². The summed E-state index contributed by atoms with van der Waals surface area (Å²) in [6.07, 6.45) is -1.57. The highest BCUT2D eigenvalue weighted by Crippen LogP contribution is 2.32. The van der Waals surface area contributed by atoms with Crippen molar-refractivity contribution >= 4 is 34.2 Å². The van der Waals surface area contributed by atoms with Crippen LogP contribution in [0.4, 0.5) is 18.3 Å². The van der Waals surface area contributed by atoms with Crippen LogP contribution in [-0.4, -0.2) is 57.3 Å². The maximum absolute atomic E-state index is 13.5. The lowest BCUT2D eigenvalue weighted by molar-refractivity contribution is -0.141. The molecule has 3 amide bonds. The largest absolute Gasteiger partial charge is 0.435 e. The zero-order valence-corrected chi connectivity index (χ0v) is 22.0. The van der Waals surface area contributed by atoms with Crippen LogP contribution in [-0.2, 0) is 15.8 Å². The van der Waals surface area contributed by atoms with E-state index in [1.54, 1.807) is 40.7 Å². The number of carbonyl (C=O) groups excluding carboxylic acids is 3. The Labute approximate surface area is 226 Å². The summed E-state index contributed by atoms with van der Waals surface area (Å²) in [5.41, 5.74) is 0.0672. The number of hydrogen-bond donors (Lipinski definition) is 2. The van der Waals surface area contributed by atoms with E-state index in [4.69, 9.17) is 0 Å². The summed E-state index contributed by atoms with van der Waals surface area (Å²) in [7, 11) is 0. The minimum atomic E-state index is -4.81. The molecule has 1 saturated carbocycles. The van der Waals surface area contributed by atoms with Crippen molar-refractivity contribution in [1.29, 1.82) is 0 Å². The van der Waals surface area contributed by atoms with E-state index in [-0.39, 0.29) is 36.7 Å². The third-order valence-corrected chi connectivity index (χ3v) is 7.28. The topological polar surface area (TPSA) is 122 Å². The quantitative estimate of drug-likeness (QED) is 0.385. The zero-order chi connectivity index (χ0) is 28.0. The molecule has 0 saturated heterocycles. The Hall–Kier alpha value is -3.81. The van der Waals surface area contributed by atoms with Gasteiger partial charge in [-0.3, -0.25) is 19.3 Å². The van der Waals surface area contributed by atoms with E-state index in [2.05, 4.69) is 25.9 Å². The zero-order valence-electron chi connectivity index (χ0n) is 21.1. The first-order valence-electron chi connectivity index (χ1n) is 12.5. The van der Waals surface area contributed by atoms with Gasteiger partial charge in [0.25, 0.3) is 5.91 Å². The minimum Gasteiger partial charge on any atom is -0.354 e. The van der Waals surface area contributed by atoms with Crippen LogP contribution in [0.1, 0.15) is 48.7 Å². The highest BCUT2D eigenvalue weighted by molar-refractivity contribution is 7.13. The molecule has 208 valence electrons. The Kier molecular flexibility index (Phi) is 8.94. The lowest BCUT2D eigenvalue weighted by Gasteiger charge is -2.30. The number of halogens is 3. The van der Waals surface area contributed by atoms with Gasteiger partial charge in [0.2, 0.25) is 16.9 Å². The highest BCUT2D eigenvalue weighted by Gasteiger charge is 2.39. The lowest BCUT2D eigenvalue weighted by atomic mass is 9.81. The first kappa shape index (κ1) is 28.2. The number of aromatic nitrogens is 4. The molecule has 10 nitrogen and oxygen atoms in total. The lowest BCUT2D eigenvalue weighted by Crippen LogP contribution is -2.41. The average molecular weight is 564 g/mol. The van der Waals surface area contributed by atoms with E-state index in [1.165, 1.54) is 11.3 Å². The van der Waals surface area contributed by atoms with E-state index in [0.29, 0.717) is 43.0 Å². The van der Waals surface area contributed by atoms with Crippen LogP contribution in [0.5, 0.6) is 0 Å². The van der Waals surface area contributed by atoms with Gasteiger partial charge in [0.1, 0.15) is 5.51 Å². The fraction of sp³-hybridized carbons (Fsp3) is 0.440. The van der Waals surface area contributed by atoms with Crippen LogP contribution < -0.4 is 15.5 Å². The summed E-state index contributed by atoms with van der Waals surface area (Å²) < 4.78 is 41.5. The Morgan fingerprint density at radius 1 is 1.05 bits per heavy atom. The van der Waals surface area contributed by atoms with Crippen LogP contribution in [0, 0.1) is 11.8 Å². The molecule has 14 heteroatoms. The SMILES string of the molecule is CCN(C(=O)C1CCC(C(=O)NCCNC(=O)c2cn(-c3ccccc3)nc2C(F)(F)F)CC1)c1nncs1. The van der Waals surface area contributed by atoms with Crippen LogP contribution >= 0.6 is 11.3 Å². The van der Waals surface area contributed by atoms with Gasteiger partial charge in [0.05, 0.1) is 11.3 Å². The van der Waals surface area contributed by atoms with E-state index in [0.717, 1.165) is 10.9 Å². The van der Waals surface area contributed by atoms with Crippen LogP contribution in [0.2, 0.25) is 0 Å². The Morgan fingerprint density at radius 2 is 1.72 bits per heavy atom. The van der Waals surface area contributed by atoms with Crippen LogP contribution in [0.15, 0.2) is 42.0 Å². The molecule has 1 aliphatic rings. The van der Waals surface area contributed by atoms with Gasteiger partial charge in [-0.05, 0) is 44.7 Å². The molecule has 0 aliphatic heterocycles. The predicted molar refractivity (Wildman–Crippen MR) is 137 cm³/mol. The van der Waals surface area contributed by atoms with Gasteiger partial charge < -0.3 is 10.6 Å². The molecule has 2 aromatic heterocycles. The number of nitrogens with zero attached hydrogens (tertiary/aromatic N) is 5. The van der Waals surface area contributed by atoms with Gasteiger partial charge in [-0.2, -0.15) is 18.3 Å². The maximum Gasteiger partial charge on any atom is 0.435 e. The summed E-state index contributed by atoms with van der Waals surface area (Å²) in [5.74, 6) is -1.64. The third-order valence-electron chi connectivity index (χ3n) is 6.57. The van der Waals surface area contributed by atoms with Gasteiger partial charge in [0.15, 0.2) is 5.69 Å². The minimum absolute atomic E-state index is 0.0235. The molecule has 0 atom stereocenters. The van der Waals surface area contributed by atoms with Gasteiger partial charge in [0, 0.05) is 37.7 Å². The fourth-order valence-corrected chi connectivity index (χ4v) is 5.19. The number of para-hydroxylation sites is 1. The second-order valence-electron chi connectivity index (χ2n) is 9.07. The number of nitrogens with one attached hydrogen (secondary N) is 2. The summed E-state index contributed by atoms with van der Waals surface area (Å²) >= 11 is 1.30.